The van der Waals surface area contributed by atoms with Crippen LogP contribution in [0.4, 0.5) is 18.9 Å². The van der Waals surface area contributed by atoms with Crippen LogP contribution in [0, 0.1) is 11.3 Å². The molecule has 2 aromatic carbocycles. The Morgan fingerprint density at radius 3 is 2.46 bits per heavy atom. The SMILES string of the molecule is COc1ccc(C=c2sc(=C(C#N)C(=O)Nc3cccc(C(F)(F)F)c3)n(Cc3ccco3)c2=O)c(OC)c1OC. The van der Waals surface area contributed by atoms with E-state index in [1.54, 1.807) is 30.3 Å². The molecule has 0 spiro atoms. The molecule has 0 bridgehead atoms. The van der Waals surface area contributed by atoms with E-state index in [9.17, 15) is 28.0 Å². The monoisotopic (exact) mass is 585 g/mol. The first-order valence-electron chi connectivity index (χ1n) is 11.8. The van der Waals surface area contributed by atoms with Gasteiger partial charge in [0.25, 0.3) is 11.5 Å². The Bertz CT molecular complexity index is 1800. The van der Waals surface area contributed by atoms with Gasteiger partial charge in [-0.2, -0.15) is 18.4 Å². The van der Waals surface area contributed by atoms with Crippen molar-refractivity contribution in [2.75, 3.05) is 26.6 Å². The quantitative estimate of drug-likeness (QED) is 0.335. The maximum atomic E-state index is 13.6. The van der Waals surface area contributed by atoms with Gasteiger partial charge in [0.1, 0.15) is 16.5 Å². The number of anilines is 1. The van der Waals surface area contributed by atoms with Crippen molar-refractivity contribution >= 4 is 34.6 Å². The van der Waals surface area contributed by atoms with E-state index in [1.165, 1.54) is 44.3 Å². The molecule has 4 rings (SSSR count). The third kappa shape index (κ3) is 6.12. The second-order valence-corrected chi connectivity index (χ2v) is 9.36. The van der Waals surface area contributed by atoms with Crippen molar-refractivity contribution < 1.29 is 36.6 Å². The third-order valence-electron chi connectivity index (χ3n) is 5.82. The zero-order valence-corrected chi connectivity index (χ0v) is 22.7. The first-order chi connectivity index (χ1) is 19.6. The molecular weight excluding hydrogens is 563 g/mol. The molecule has 0 aliphatic heterocycles. The number of carbonyl (C=O) groups is 1. The molecule has 13 heteroatoms. The van der Waals surface area contributed by atoms with Gasteiger partial charge < -0.3 is 23.9 Å². The highest BCUT2D eigenvalue weighted by Crippen LogP contribution is 2.40. The number of nitrogens with one attached hydrogen (secondary N) is 1. The number of alkyl halides is 3. The summed E-state index contributed by atoms with van der Waals surface area (Å²) in [5.41, 5.74) is -1.71. The van der Waals surface area contributed by atoms with Gasteiger partial charge in [0, 0.05) is 11.3 Å². The molecule has 41 heavy (non-hydrogen) atoms. The van der Waals surface area contributed by atoms with Gasteiger partial charge in [0.15, 0.2) is 17.1 Å². The Morgan fingerprint density at radius 1 is 1.10 bits per heavy atom. The number of hydrogen-bond acceptors (Lipinski definition) is 8. The summed E-state index contributed by atoms with van der Waals surface area (Å²) in [7, 11) is 4.31. The predicted octanol–water partition coefficient (Wildman–Crippen LogP) is 3.74. The van der Waals surface area contributed by atoms with Gasteiger partial charge in [-0.05, 0) is 48.5 Å². The molecule has 0 aliphatic carbocycles. The van der Waals surface area contributed by atoms with E-state index in [-0.39, 0.29) is 27.2 Å². The lowest BCUT2D eigenvalue weighted by Gasteiger charge is -2.13. The number of hydrogen-bond donors (Lipinski definition) is 1. The molecule has 1 N–H and O–H groups in total. The fraction of sp³-hybridized carbons (Fsp3) is 0.179. The van der Waals surface area contributed by atoms with Crippen molar-refractivity contribution in [2.45, 2.75) is 12.7 Å². The van der Waals surface area contributed by atoms with Crippen LogP contribution in [0.5, 0.6) is 17.2 Å². The van der Waals surface area contributed by atoms with Crippen LogP contribution < -0.4 is 34.3 Å². The number of carbonyl (C=O) groups excluding carboxylic acids is 1. The van der Waals surface area contributed by atoms with Crippen molar-refractivity contribution in [1.82, 2.24) is 4.57 Å². The summed E-state index contributed by atoms with van der Waals surface area (Å²) in [5, 5.41) is 12.3. The van der Waals surface area contributed by atoms with Crippen LogP contribution >= 0.6 is 11.3 Å². The number of furan rings is 1. The van der Waals surface area contributed by atoms with Crippen LogP contribution in [0.1, 0.15) is 16.9 Å². The topological polar surface area (TPSA) is 116 Å². The predicted molar refractivity (Wildman–Crippen MR) is 144 cm³/mol. The Labute approximate surface area is 234 Å². The average Bonchev–Trinajstić information content (AvgIpc) is 3.57. The fourth-order valence-electron chi connectivity index (χ4n) is 3.95. The lowest BCUT2D eigenvalue weighted by atomic mass is 10.1. The molecule has 0 radical (unpaired) electrons. The third-order valence-corrected chi connectivity index (χ3v) is 6.95. The Kier molecular flexibility index (Phi) is 8.53. The number of nitriles is 1. The van der Waals surface area contributed by atoms with Crippen molar-refractivity contribution in [1.29, 1.82) is 5.26 Å². The summed E-state index contributed by atoms with van der Waals surface area (Å²) in [6.07, 6.45) is -1.71. The lowest BCUT2D eigenvalue weighted by Crippen LogP contribution is -2.33. The van der Waals surface area contributed by atoms with E-state index in [2.05, 4.69) is 5.32 Å². The van der Waals surface area contributed by atoms with E-state index in [1.807, 2.05) is 0 Å². The van der Waals surface area contributed by atoms with Crippen molar-refractivity contribution in [3.8, 4) is 23.3 Å². The van der Waals surface area contributed by atoms with Gasteiger partial charge >= 0.3 is 6.18 Å². The molecule has 4 aromatic rings. The summed E-state index contributed by atoms with van der Waals surface area (Å²) >= 11 is 0.850. The highest BCUT2D eigenvalue weighted by Gasteiger charge is 2.30. The highest BCUT2D eigenvalue weighted by molar-refractivity contribution is 7.07. The number of halogens is 3. The lowest BCUT2D eigenvalue weighted by molar-refractivity contribution is -0.137. The molecule has 2 aromatic heterocycles. The minimum absolute atomic E-state index is 0.0240. The van der Waals surface area contributed by atoms with E-state index < -0.39 is 28.8 Å². The molecule has 1 amide bonds. The molecule has 0 unspecified atom stereocenters. The van der Waals surface area contributed by atoms with Crippen LogP contribution in [0.2, 0.25) is 0 Å². The minimum Gasteiger partial charge on any atom is -0.493 e. The van der Waals surface area contributed by atoms with Crippen LogP contribution in [-0.4, -0.2) is 31.8 Å². The van der Waals surface area contributed by atoms with Crippen molar-refractivity contribution in [3.05, 3.63) is 91.2 Å². The first kappa shape index (κ1) is 29.0. The molecule has 0 saturated carbocycles. The number of ether oxygens (including phenoxy) is 3. The van der Waals surface area contributed by atoms with Crippen LogP contribution in [0.15, 0.2) is 64.0 Å². The zero-order valence-electron chi connectivity index (χ0n) is 21.9. The van der Waals surface area contributed by atoms with Gasteiger partial charge in [-0.25, -0.2) is 0 Å². The van der Waals surface area contributed by atoms with Gasteiger partial charge in [-0.3, -0.25) is 14.2 Å². The number of amides is 1. The van der Waals surface area contributed by atoms with Crippen LogP contribution in [0.3, 0.4) is 0 Å². The van der Waals surface area contributed by atoms with Crippen molar-refractivity contribution in [3.63, 3.8) is 0 Å². The number of nitrogens with zero attached hydrogens (tertiary/aromatic N) is 2. The summed E-state index contributed by atoms with van der Waals surface area (Å²) in [4.78, 5) is 26.7. The van der Waals surface area contributed by atoms with Crippen LogP contribution in [0.25, 0.3) is 11.6 Å². The number of rotatable bonds is 8. The van der Waals surface area contributed by atoms with Crippen LogP contribution in [-0.2, 0) is 17.5 Å². The molecule has 0 aliphatic rings. The Balaban J connectivity index is 1.91. The maximum Gasteiger partial charge on any atom is 0.416 e. The van der Waals surface area contributed by atoms with E-state index >= 15 is 0 Å². The molecule has 0 atom stereocenters. The van der Waals surface area contributed by atoms with Gasteiger partial charge in [0.2, 0.25) is 5.75 Å². The Morgan fingerprint density at radius 2 is 1.85 bits per heavy atom. The molecule has 212 valence electrons. The summed E-state index contributed by atoms with van der Waals surface area (Å²) in [5.74, 6) is 0.357. The molecule has 0 fully saturated rings. The number of aromatic nitrogens is 1. The first-order valence-corrected chi connectivity index (χ1v) is 12.6. The zero-order chi connectivity index (χ0) is 29.7. The second-order valence-electron chi connectivity index (χ2n) is 8.33. The second kappa shape index (κ2) is 12.1. The molecule has 0 saturated heterocycles. The van der Waals surface area contributed by atoms with E-state index in [0.717, 1.165) is 29.5 Å². The maximum absolute atomic E-state index is 13.6. The van der Waals surface area contributed by atoms with Crippen molar-refractivity contribution in [2.24, 2.45) is 0 Å². The Hall–Kier alpha value is -4.96. The van der Waals surface area contributed by atoms with E-state index in [4.69, 9.17) is 18.6 Å². The van der Waals surface area contributed by atoms with Gasteiger partial charge in [-0.15, -0.1) is 11.3 Å². The fourth-order valence-corrected chi connectivity index (χ4v) is 5.04. The average molecular weight is 586 g/mol. The molecular formula is C28H22F3N3O6S. The summed E-state index contributed by atoms with van der Waals surface area (Å²) < 4.78 is 62.3. The summed E-state index contributed by atoms with van der Waals surface area (Å²) in [6, 6.07) is 12.3. The van der Waals surface area contributed by atoms with E-state index in [0.29, 0.717) is 22.8 Å². The molecule has 9 nitrogen and oxygen atoms in total. The summed E-state index contributed by atoms with van der Waals surface area (Å²) in [6.45, 7) is -0.114. The highest BCUT2D eigenvalue weighted by atomic mass is 32.1. The number of thiazole rings is 1. The standard InChI is InChI=1S/C28H22F3N3O6S/c1-37-21-10-9-16(23(38-2)24(21)39-3)12-22-26(36)34(15-19-8-5-11-40-19)27(41-22)20(14-32)25(35)33-18-7-4-6-17(13-18)28(29,30)31/h4-13H,15H2,1-3H3,(H,33,35). The minimum atomic E-state index is -4.63. The van der Waals surface area contributed by atoms with Gasteiger partial charge in [-0.1, -0.05) is 6.07 Å². The van der Waals surface area contributed by atoms with Gasteiger partial charge in [0.05, 0.1) is 44.2 Å². The molecule has 2 heterocycles. The normalized spacial score (nSPS) is 12.5. The number of methoxy groups -OCH3 is 3. The number of benzene rings is 2. The largest absolute Gasteiger partial charge is 0.493 e. The smallest absolute Gasteiger partial charge is 0.416 e.